The van der Waals surface area contributed by atoms with Gasteiger partial charge in [-0.05, 0) is 68.5 Å². The zero-order chi connectivity index (χ0) is 23.3. The quantitative estimate of drug-likeness (QED) is 0.443. The van der Waals surface area contributed by atoms with E-state index in [1.54, 1.807) is 13.8 Å². The first-order valence-electron chi connectivity index (χ1n) is 10.9. The molecule has 5 heteroatoms. The van der Waals surface area contributed by atoms with Crippen molar-refractivity contribution in [1.29, 1.82) is 0 Å². The Morgan fingerprint density at radius 3 is 2.31 bits per heavy atom. The summed E-state index contributed by atoms with van der Waals surface area (Å²) in [6, 6.07) is 22.0. The van der Waals surface area contributed by atoms with Gasteiger partial charge in [0.15, 0.2) is 5.60 Å². The lowest BCUT2D eigenvalue weighted by molar-refractivity contribution is -0.134. The normalized spacial score (nSPS) is 13.3. The highest BCUT2D eigenvalue weighted by molar-refractivity contribution is 6.30. The molecule has 0 aliphatic rings. The number of pyridine rings is 1. The molecule has 2 atom stereocenters. The van der Waals surface area contributed by atoms with E-state index in [9.17, 15) is 4.79 Å². The maximum Gasteiger partial charge on any atom is 0.263 e. The van der Waals surface area contributed by atoms with E-state index < -0.39 is 5.60 Å². The molecule has 0 unspecified atom stereocenters. The third-order valence-electron chi connectivity index (χ3n) is 5.69. The zero-order valence-corrected chi connectivity index (χ0v) is 20.1. The van der Waals surface area contributed by atoms with Crippen molar-refractivity contribution in [2.75, 3.05) is 6.54 Å². The number of ether oxygens (including phenoxy) is 1. The Hall–Kier alpha value is -2.85. The van der Waals surface area contributed by atoms with Crippen molar-refractivity contribution in [2.24, 2.45) is 0 Å². The third-order valence-corrected chi connectivity index (χ3v) is 5.94. The second-order valence-electron chi connectivity index (χ2n) is 8.80. The van der Waals surface area contributed by atoms with Crippen molar-refractivity contribution in [3.05, 3.63) is 94.1 Å². The van der Waals surface area contributed by atoms with E-state index in [2.05, 4.69) is 29.4 Å². The van der Waals surface area contributed by atoms with Gasteiger partial charge in [-0.2, -0.15) is 0 Å². The second-order valence-corrected chi connectivity index (χ2v) is 9.24. The third kappa shape index (κ3) is 6.10. The van der Waals surface area contributed by atoms with Gasteiger partial charge in [-0.15, -0.1) is 0 Å². The van der Waals surface area contributed by atoms with E-state index in [1.165, 1.54) is 11.1 Å². The highest BCUT2D eigenvalue weighted by atomic mass is 35.5. The molecule has 4 nitrogen and oxygen atoms in total. The molecule has 0 spiro atoms. The number of rotatable bonds is 8. The Kier molecular flexibility index (Phi) is 7.57. The number of aryl methyl sites for hydroxylation is 2. The fraction of sp³-hybridized carbons (Fsp3) is 0.333. The lowest BCUT2D eigenvalue weighted by atomic mass is 9.82. The SMILES string of the molecule is Cc1cc(C)nc(OC(C)(C)C(=O)NC[C@H](c2ccccc2)[C@H](C)c2ccc(Cl)cc2)c1. The number of hydrogen-bond donors (Lipinski definition) is 1. The van der Waals surface area contributed by atoms with Gasteiger partial charge in [0.05, 0.1) is 0 Å². The summed E-state index contributed by atoms with van der Waals surface area (Å²) in [6.45, 7) is 10.1. The fourth-order valence-electron chi connectivity index (χ4n) is 3.86. The van der Waals surface area contributed by atoms with Crippen LogP contribution >= 0.6 is 11.6 Å². The van der Waals surface area contributed by atoms with Crippen LogP contribution in [-0.2, 0) is 4.79 Å². The summed E-state index contributed by atoms with van der Waals surface area (Å²) in [4.78, 5) is 17.5. The van der Waals surface area contributed by atoms with Gasteiger partial charge in [0.25, 0.3) is 5.91 Å². The van der Waals surface area contributed by atoms with E-state index in [4.69, 9.17) is 16.3 Å². The Bertz CT molecular complexity index is 1030. The minimum atomic E-state index is -1.06. The smallest absolute Gasteiger partial charge is 0.263 e. The standard InChI is InChI=1S/C27H31ClN2O2/c1-18-15-19(2)30-25(16-18)32-27(4,5)26(31)29-17-24(22-9-7-6-8-10-22)20(3)21-11-13-23(28)14-12-21/h6-16,20,24H,17H2,1-5H3,(H,29,31)/t20-,24+/m1/s1. The highest BCUT2D eigenvalue weighted by Crippen LogP contribution is 2.33. The first kappa shape index (κ1) is 23.8. The van der Waals surface area contributed by atoms with Crippen LogP contribution in [0.15, 0.2) is 66.7 Å². The molecule has 0 bridgehead atoms. The molecule has 0 aliphatic heterocycles. The Balaban J connectivity index is 1.76. The number of hydrogen-bond acceptors (Lipinski definition) is 3. The van der Waals surface area contributed by atoms with Crippen LogP contribution in [0.4, 0.5) is 0 Å². The molecule has 0 saturated carbocycles. The summed E-state index contributed by atoms with van der Waals surface area (Å²) >= 11 is 6.08. The van der Waals surface area contributed by atoms with E-state index in [0.29, 0.717) is 17.4 Å². The van der Waals surface area contributed by atoms with E-state index >= 15 is 0 Å². The van der Waals surface area contributed by atoms with Gasteiger partial charge in [0.2, 0.25) is 5.88 Å². The molecule has 0 aliphatic carbocycles. The fourth-order valence-corrected chi connectivity index (χ4v) is 3.99. The van der Waals surface area contributed by atoms with Crippen molar-refractivity contribution < 1.29 is 9.53 Å². The largest absolute Gasteiger partial charge is 0.462 e. The summed E-state index contributed by atoms with van der Waals surface area (Å²) < 4.78 is 5.98. The van der Waals surface area contributed by atoms with Gasteiger partial charge < -0.3 is 10.1 Å². The van der Waals surface area contributed by atoms with Crippen molar-refractivity contribution in [3.8, 4) is 5.88 Å². The average Bonchev–Trinajstić information content (AvgIpc) is 2.73. The molecule has 3 aromatic rings. The number of benzene rings is 2. The Morgan fingerprint density at radius 1 is 1.03 bits per heavy atom. The molecule has 1 aromatic heterocycles. The molecule has 1 heterocycles. The molecular weight excluding hydrogens is 420 g/mol. The van der Waals surface area contributed by atoms with Crippen molar-refractivity contribution in [1.82, 2.24) is 10.3 Å². The highest BCUT2D eigenvalue weighted by Gasteiger charge is 2.32. The summed E-state index contributed by atoms with van der Waals surface area (Å²) in [5.74, 6) is 0.552. The molecule has 1 amide bonds. The van der Waals surface area contributed by atoms with E-state index in [0.717, 1.165) is 11.3 Å². The predicted octanol–water partition coefficient (Wildman–Crippen LogP) is 6.21. The molecule has 0 saturated heterocycles. The zero-order valence-electron chi connectivity index (χ0n) is 19.4. The van der Waals surface area contributed by atoms with Crippen LogP contribution in [0.5, 0.6) is 5.88 Å². The van der Waals surface area contributed by atoms with Crippen LogP contribution in [0.3, 0.4) is 0 Å². The van der Waals surface area contributed by atoms with Gasteiger partial charge in [-0.25, -0.2) is 4.98 Å². The minimum Gasteiger partial charge on any atom is -0.462 e. The summed E-state index contributed by atoms with van der Waals surface area (Å²) in [7, 11) is 0. The lowest BCUT2D eigenvalue weighted by Gasteiger charge is -2.29. The van der Waals surface area contributed by atoms with Crippen molar-refractivity contribution >= 4 is 17.5 Å². The number of nitrogens with one attached hydrogen (secondary N) is 1. The van der Waals surface area contributed by atoms with Crippen LogP contribution in [0.2, 0.25) is 5.02 Å². The molecule has 168 valence electrons. The van der Waals surface area contributed by atoms with Crippen LogP contribution < -0.4 is 10.1 Å². The number of aromatic nitrogens is 1. The average molecular weight is 451 g/mol. The van der Waals surface area contributed by atoms with Crippen LogP contribution in [0.25, 0.3) is 0 Å². The number of halogens is 1. The number of nitrogens with zero attached hydrogens (tertiary/aromatic N) is 1. The molecule has 3 rings (SSSR count). The van der Waals surface area contributed by atoms with Crippen molar-refractivity contribution in [2.45, 2.75) is 52.1 Å². The molecule has 1 N–H and O–H groups in total. The summed E-state index contributed by atoms with van der Waals surface area (Å²) in [5, 5.41) is 3.83. The number of carbonyl (C=O) groups excluding carboxylic acids is 1. The molecule has 32 heavy (non-hydrogen) atoms. The maximum absolute atomic E-state index is 13.1. The summed E-state index contributed by atoms with van der Waals surface area (Å²) in [6.07, 6.45) is 0. The van der Waals surface area contributed by atoms with Gasteiger partial charge in [0.1, 0.15) is 0 Å². The van der Waals surface area contributed by atoms with Crippen LogP contribution in [0.1, 0.15) is 55.0 Å². The van der Waals surface area contributed by atoms with E-state index in [-0.39, 0.29) is 17.7 Å². The minimum absolute atomic E-state index is 0.0939. The van der Waals surface area contributed by atoms with E-state index in [1.807, 2.05) is 68.4 Å². The van der Waals surface area contributed by atoms with Crippen LogP contribution in [0, 0.1) is 13.8 Å². The topological polar surface area (TPSA) is 51.2 Å². The first-order chi connectivity index (χ1) is 15.2. The van der Waals surface area contributed by atoms with Gasteiger partial charge >= 0.3 is 0 Å². The lowest BCUT2D eigenvalue weighted by Crippen LogP contribution is -2.48. The van der Waals surface area contributed by atoms with Gasteiger partial charge in [-0.3, -0.25) is 4.79 Å². The van der Waals surface area contributed by atoms with Crippen LogP contribution in [-0.4, -0.2) is 23.0 Å². The second kappa shape index (κ2) is 10.2. The Morgan fingerprint density at radius 2 is 1.69 bits per heavy atom. The summed E-state index contributed by atoms with van der Waals surface area (Å²) in [5.41, 5.74) is 3.19. The maximum atomic E-state index is 13.1. The monoisotopic (exact) mass is 450 g/mol. The molecule has 0 fully saturated rings. The molecular formula is C27H31ClN2O2. The van der Waals surface area contributed by atoms with Crippen molar-refractivity contribution in [3.63, 3.8) is 0 Å². The molecule has 2 aromatic carbocycles. The Labute approximate surface area is 196 Å². The van der Waals surface area contributed by atoms with Gasteiger partial charge in [0, 0.05) is 29.2 Å². The number of carbonyl (C=O) groups is 1. The molecule has 0 radical (unpaired) electrons. The number of amides is 1. The van der Waals surface area contributed by atoms with Gasteiger partial charge in [-0.1, -0.05) is 61.0 Å². The predicted molar refractivity (Wildman–Crippen MR) is 130 cm³/mol. The first-order valence-corrected chi connectivity index (χ1v) is 11.3.